The number of aromatic nitrogens is 1. The van der Waals surface area contributed by atoms with Crippen LogP contribution >= 0.6 is 11.3 Å². The van der Waals surface area contributed by atoms with Crippen molar-refractivity contribution in [3.05, 3.63) is 10.6 Å². The summed E-state index contributed by atoms with van der Waals surface area (Å²) >= 11 is 1.54. The third kappa shape index (κ3) is 2.66. The molecule has 0 aliphatic heterocycles. The summed E-state index contributed by atoms with van der Waals surface area (Å²) in [4.78, 5) is 17.6. The molecule has 0 unspecified atom stereocenters. The first kappa shape index (κ1) is 12.5. The maximum absolute atomic E-state index is 12.1. The van der Waals surface area contributed by atoms with E-state index in [1.807, 2.05) is 13.8 Å². The molecular formula is C12H19N3OS. The lowest BCUT2D eigenvalue weighted by atomic mass is 9.95. The molecule has 1 amide bonds. The summed E-state index contributed by atoms with van der Waals surface area (Å²) in [6, 6.07) is 0. The quantitative estimate of drug-likeness (QED) is 0.866. The van der Waals surface area contributed by atoms with Crippen LogP contribution in [0.1, 0.15) is 29.8 Å². The van der Waals surface area contributed by atoms with Gasteiger partial charge in [0.1, 0.15) is 0 Å². The molecule has 0 spiro atoms. The summed E-state index contributed by atoms with van der Waals surface area (Å²) in [6.45, 7) is 4.58. The van der Waals surface area contributed by atoms with Gasteiger partial charge in [-0.05, 0) is 39.2 Å². The normalized spacial score (nSPS) is 23.9. The molecule has 2 rings (SSSR count). The van der Waals surface area contributed by atoms with E-state index in [0.29, 0.717) is 17.6 Å². The first-order valence-corrected chi connectivity index (χ1v) is 6.88. The fraction of sp³-hybridized carbons (Fsp3) is 0.667. The Morgan fingerprint density at radius 2 is 2.29 bits per heavy atom. The van der Waals surface area contributed by atoms with Crippen molar-refractivity contribution < 1.29 is 4.79 Å². The van der Waals surface area contributed by atoms with Gasteiger partial charge >= 0.3 is 0 Å². The van der Waals surface area contributed by atoms with Gasteiger partial charge in [-0.2, -0.15) is 0 Å². The summed E-state index contributed by atoms with van der Waals surface area (Å²) in [6.07, 6.45) is 3.14. The second-order valence-electron chi connectivity index (χ2n) is 4.68. The van der Waals surface area contributed by atoms with Crippen molar-refractivity contribution >= 4 is 22.4 Å². The Kier molecular flexibility index (Phi) is 3.79. The molecule has 0 bridgehead atoms. The predicted octanol–water partition coefficient (Wildman–Crippen LogP) is 2.07. The van der Waals surface area contributed by atoms with Crippen molar-refractivity contribution in [2.45, 2.75) is 33.1 Å². The van der Waals surface area contributed by atoms with Crippen LogP contribution in [0.4, 0.5) is 5.13 Å². The molecular weight excluding hydrogens is 234 g/mol. The molecule has 1 aromatic rings. The van der Waals surface area contributed by atoms with Crippen molar-refractivity contribution in [2.75, 3.05) is 11.9 Å². The minimum atomic E-state index is 0.0736. The van der Waals surface area contributed by atoms with E-state index in [1.165, 1.54) is 11.3 Å². The molecule has 1 aliphatic carbocycles. The van der Waals surface area contributed by atoms with Crippen LogP contribution in [0.15, 0.2) is 0 Å². The van der Waals surface area contributed by atoms with Crippen LogP contribution in [0.2, 0.25) is 0 Å². The molecule has 2 atom stereocenters. The number of nitrogens with zero attached hydrogens (tertiary/aromatic N) is 1. The number of rotatable bonds is 3. The van der Waals surface area contributed by atoms with Crippen LogP contribution in [0, 0.1) is 25.7 Å². The van der Waals surface area contributed by atoms with Gasteiger partial charge in [-0.15, -0.1) is 11.3 Å². The third-order valence-corrected chi connectivity index (χ3v) is 4.55. The van der Waals surface area contributed by atoms with Crippen LogP contribution in [-0.4, -0.2) is 17.4 Å². The molecule has 5 heteroatoms. The molecule has 94 valence electrons. The molecule has 1 fully saturated rings. The van der Waals surface area contributed by atoms with Crippen molar-refractivity contribution in [3.8, 4) is 0 Å². The monoisotopic (exact) mass is 253 g/mol. The lowest BCUT2D eigenvalue weighted by Gasteiger charge is -2.16. The second-order valence-corrected chi connectivity index (χ2v) is 5.89. The molecule has 0 saturated heterocycles. The largest absolute Gasteiger partial charge is 0.330 e. The number of nitrogens with one attached hydrogen (secondary N) is 1. The Hall–Kier alpha value is -0.940. The van der Waals surface area contributed by atoms with E-state index in [-0.39, 0.29) is 11.8 Å². The maximum Gasteiger partial charge on any atom is 0.229 e. The maximum atomic E-state index is 12.1. The fourth-order valence-electron chi connectivity index (χ4n) is 2.39. The van der Waals surface area contributed by atoms with Gasteiger partial charge in [0, 0.05) is 10.8 Å². The summed E-state index contributed by atoms with van der Waals surface area (Å²) in [7, 11) is 0. The molecule has 17 heavy (non-hydrogen) atoms. The lowest BCUT2D eigenvalue weighted by Crippen LogP contribution is -2.29. The van der Waals surface area contributed by atoms with E-state index in [0.717, 1.165) is 29.8 Å². The topological polar surface area (TPSA) is 68.0 Å². The Balaban J connectivity index is 2.01. The van der Waals surface area contributed by atoms with Gasteiger partial charge < -0.3 is 11.1 Å². The van der Waals surface area contributed by atoms with Crippen LogP contribution in [0.3, 0.4) is 0 Å². The van der Waals surface area contributed by atoms with E-state index < -0.39 is 0 Å². The smallest absolute Gasteiger partial charge is 0.229 e. The van der Waals surface area contributed by atoms with Crippen molar-refractivity contribution in [1.82, 2.24) is 4.98 Å². The van der Waals surface area contributed by atoms with E-state index in [1.54, 1.807) is 0 Å². The summed E-state index contributed by atoms with van der Waals surface area (Å²) in [5, 5.41) is 3.64. The SMILES string of the molecule is Cc1nc(NC(=O)[C@@H]2CCC[C@@H]2CN)sc1C. The number of thiazole rings is 1. The van der Waals surface area contributed by atoms with Gasteiger partial charge in [0.15, 0.2) is 5.13 Å². The van der Waals surface area contributed by atoms with Gasteiger partial charge in [0.05, 0.1) is 5.69 Å². The summed E-state index contributed by atoms with van der Waals surface area (Å²) < 4.78 is 0. The van der Waals surface area contributed by atoms with Crippen molar-refractivity contribution in [3.63, 3.8) is 0 Å². The van der Waals surface area contributed by atoms with Crippen LogP contribution in [0.25, 0.3) is 0 Å². The summed E-state index contributed by atoms with van der Waals surface area (Å²) in [5.41, 5.74) is 6.68. The number of aryl methyl sites for hydroxylation is 2. The Bertz CT molecular complexity index is 396. The zero-order valence-electron chi connectivity index (χ0n) is 10.3. The van der Waals surface area contributed by atoms with Crippen LogP contribution in [-0.2, 0) is 4.79 Å². The molecule has 4 nitrogen and oxygen atoms in total. The average Bonchev–Trinajstić information content (AvgIpc) is 2.86. The predicted molar refractivity (Wildman–Crippen MR) is 70.1 cm³/mol. The van der Waals surface area contributed by atoms with E-state index in [2.05, 4.69) is 10.3 Å². The molecule has 1 aromatic heterocycles. The van der Waals surface area contributed by atoms with Gasteiger partial charge in [-0.25, -0.2) is 4.98 Å². The second kappa shape index (κ2) is 5.14. The zero-order valence-corrected chi connectivity index (χ0v) is 11.1. The van der Waals surface area contributed by atoms with Gasteiger partial charge in [0.25, 0.3) is 0 Å². The highest BCUT2D eigenvalue weighted by Gasteiger charge is 2.32. The number of carbonyl (C=O) groups excluding carboxylic acids is 1. The van der Waals surface area contributed by atoms with Gasteiger partial charge in [-0.3, -0.25) is 4.79 Å². The first-order chi connectivity index (χ1) is 8.11. The highest BCUT2D eigenvalue weighted by atomic mass is 32.1. The third-order valence-electron chi connectivity index (χ3n) is 3.56. The Morgan fingerprint density at radius 1 is 1.53 bits per heavy atom. The Morgan fingerprint density at radius 3 is 2.88 bits per heavy atom. The zero-order chi connectivity index (χ0) is 12.4. The number of nitrogens with two attached hydrogens (primary N) is 1. The minimum Gasteiger partial charge on any atom is -0.330 e. The lowest BCUT2D eigenvalue weighted by molar-refractivity contribution is -0.120. The molecule has 0 radical (unpaired) electrons. The van der Waals surface area contributed by atoms with Crippen LogP contribution in [0.5, 0.6) is 0 Å². The number of hydrogen-bond donors (Lipinski definition) is 2. The molecule has 1 aliphatic rings. The van der Waals surface area contributed by atoms with E-state index in [4.69, 9.17) is 5.73 Å². The van der Waals surface area contributed by atoms with Gasteiger partial charge in [-0.1, -0.05) is 6.42 Å². The first-order valence-electron chi connectivity index (χ1n) is 6.06. The fourth-order valence-corrected chi connectivity index (χ4v) is 3.21. The number of anilines is 1. The standard InChI is InChI=1S/C12H19N3OS/c1-7-8(2)17-12(14-7)15-11(16)10-5-3-4-9(10)6-13/h9-10H,3-6,13H2,1-2H3,(H,14,15,16)/t9-,10-/m1/s1. The van der Waals surface area contributed by atoms with Crippen LogP contribution < -0.4 is 11.1 Å². The molecule has 0 aromatic carbocycles. The van der Waals surface area contributed by atoms with Gasteiger partial charge in [0.2, 0.25) is 5.91 Å². The number of amides is 1. The number of carbonyl (C=O) groups is 1. The van der Waals surface area contributed by atoms with Crippen molar-refractivity contribution in [2.24, 2.45) is 17.6 Å². The van der Waals surface area contributed by atoms with Crippen molar-refractivity contribution in [1.29, 1.82) is 0 Å². The molecule has 1 saturated carbocycles. The number of hydrogen-bond acceptors (Lipinski definition) is 4. The minimum absolute atomic E-state index is 0.0736. The van der Waals surface area contributed by atoms with E-state index >= 15 is 0 Å². The highest BCUT2D eigenvalue weighted by molar-refractivity contribution is 7.15. The highest BCUT2D eigenvalue weighted by Crippen LogP contribution is 2.32. The van der Waals surface area contributed by atoms with E-state index in [9.17, 15) is 4.79 Å². The molecule has 1 heterocycles. The molecule has 3 N–H and O–H groups in total. The summed E-state index contributed by atoms with van der Waals surface area (Å²) in [5.74, 6) is 0.508. The average molecular weight is 253 g/mol. The Labute approximate surface area is 106 Å².